The Hall–Kier alpha value is 2.21. The second kappa shape index (κ2) is 9.21. The zero-order valence-corrected chi connectivity index (χ0v) is 11.0. The van der Waals surface area contributed by atoms with Crippen molar-refractivity contribution in [3.8, 4) is 0 Å². The molecule has 4 nitrogen and oxygen atoms in total. The summed E-state index contributed by atoms with van der Waals surface area (Å²) in [6.45, 7) is 0. The Balaban J connectivity index is -0.0000000208. The van der Waals surface area contributed by atoms with E-state index in [0.29, 0.717) is 0 Å². The van der Waals surface area contributed by atoms with Crippen LogP contribution in [0.5, 0.6) is 0 Å². The third-order valence-corrected chi connectivity index (χ3v) is 0.183. The van der Waals surface area contributed by atoms with Crippen molar-refractivity contribution in [2.45, 2.75) is 0 Å². The fourth-order valence-electron chi connectivity index (χ4n) is 0. The molecule has 0 spiro atoms. The monoisotopic (exact) mass is 170 g/mol. The summed E-state index contributed by atoms with van der Waals surface area (Å²) in [5.41, 5.74) is 0. The van der Waals surface area contributed by atoms with Crippen LogP contribution in [0.15, 0.2) is 0 Å². The van der Waals surface area contributed by atoms with Crippen molar-refractivity contribution in [1.29, 1.82) is 0 Å². The van der Waals surface area contributed by atoms with Crippen molar-refractivity contribution in [2.24, 2.45) is 0 Å². The van der Waals surface area contributed by atoms with Gasteiger partial charge in [-0.15, -0.1) is 0 Å². The Morgan fingerprint density at radius 3 is 1.12 bits per heavy atom. The van der Waals surface area contributed by atoms with Crippen molar-refractivity contribution < 1.29 is 125 Å². The van der Waals surface area contributed by atoms with E-state index >= 15 is 0 Å². The molecule has 38 valence electrons. The first-order valence-electron chi connectivity index (χ1n) is 1.11. The predicted molar refractivity (Wildman–Crippen MR) is 17.5 cm³/mol. The van der Waals surface area contributed by atoms with Crippen molar-refractivity contribution >= 4 is 11.9 Å². The van der Waals surface area contributed by atoms with Gasteiger partial charge < -0.3 is 13.1 Å². The molecule has 0 aliphatic carbocycles. The number of carbonyl (C=O) groups is 2. The Bertz CT molecular complexity index is 85.3. The number of carboxylic acid groups (broad SMARTS) is 2. The minimum Gasteiger partial charge on any atom is -1.00 e. The van der Waals surface area contributed by atoms with Crippen LogP contribution in [0.2, 0.25) is 0 Å². The van der Waals surface area contributed by atoms with Gasteiger partial charge in [-0.1, -0.05) is 0 Å². The average Bonchev–Trinajstić information content (AvgIpc) is 1.36. The standard InChI is InChI=1S/C2H2O4.2K.2H/c3-1(4)2(5)6;;;;/h(H,3,4)(H,5,6);;;;/q;2*+1;2*-1. The molecule has 0 amide bonds. The van der Waals surface area contributed by atoms with Gasteiger partial charge in [-0.25, -0.2) is 9.59 Å². The first-order chi connectivity index (χ1) is 2.64. The quantitative estimate of drug-likeness (QED) is 0.280. The number of hydrogen-bond acceptors (Lipinski definition) is 2. The van der Waals surface area contributed by atoms with Crippen LogP contribution < -0.4 is 103 Å². The maximum atomic E-state index is 9.10. The summed E-state index contributed by atoms with van der Waals surface area (Å²) in [7, 11) is 0. The average molecular weight is 170 g/mol. The normalized spacial score (nSPS) is 5.50. The number of rotatable bonds is 0. The molecular formula is C2H4K2O4. The van der Waals surface area contributed by atoms with Gasteiger partial charge in [-0.05, 0) is 0 Å². The molecule has 0 heterocycles. The van der Waals surface area contributed by atoms with Crippen molar-refractivity contribution in [3.05, 3.63) is 0 Å². The number of hydrogen-bond donors (Lipinski definition) is 2. The Morgan fingerprint density at radius 2 is 1.12 bits per heavy atom. The molecule has 0 rings (SSSR count). The molecule has 0 aromatic heterocycles. The molecule has 0 radical (unpaired) electrons. The van der Waals surface area contributed by atoms with Crippen LogP contribution in [0.1, 0.15) is 2.85 Å². The van der Waals surface area contributed by atoms with E-state index in [1.807, 2.05) is 0 Å². The second-order valence-electron chi connectivity index (χ2n) is 0.610. The molecule has 0 bridgehead atoms. The van der Waals surface area contributed by atoms with Crippen molar-refractivity contribution in [2.75, 3.05) is 0 Å². The van der Waals surface area contributed by atoms with Gasteiger partial charge in [0.05, 0.1) is 0 Å². The Labute approximate surface area is 134 Å². The first kappa shape index (κ1) is 16.7. The molecule has 8 heavy (non-hydrogen) atoms. The van der Waals surface area contributed by atoms with E-state index in [-0.39, 0.29) is 106 Å². The third kappa shape index (κ3) is 11.1. The van der Waals surface area contributed by atoms with E-state index in [2.05, 4.69) is 0 Å². The molecule has 0 fully saturated rings. The summed E-state index contributed by atoms with van der Waals surface area (Å²) >= 11 is 0. The van der Waals surface area contributed by atoms with E-state index in [1.165, 1.54) is 0 Å². The van der Waals surface area contributed by atoms with Gasteiger partial charge in [0.1, 0.15) is 0 Å². The van der Waals surface area contributed by atoms with E-state index < -0.39 is 11.9 Å². The van der Waals surface area contributed by atoms with Gasteiger partial charge in [-0.3, -0.25) is 0 Å². The number of aliphatic carboxylic acids is 2. The molecule has 2 N–H and O–H groups in total. The molecule has 0 saturated heterocycles. The minimum absolute atomic E-state index is 0. The van der Waals surface area contributed by atoms with Crippen LogP contribution in [-0.2, 0) is 9.59 Å². The Kier molecular flexibility index (Phi) is 19.2. The molecule has 0 aliphatic rings. The van der Waals surface area contributed by atoms with Crippen LogP contribution in [0.25, 0.3) is 0 Å². The van der Waals surface area contributed by atoms with E-state index in [9.17, 15) is 0 Å². The maximum Gasteiger partial charge on any atom is 1.00 e. The third-order valence-electron chi connectivity index (χ3n) is 0.183. The largest absolute Gasteiger partial charge is 1.00 e. The summed E-state index contributed by atoms with van der Waals surface area (Å²) in [5, 5.41) is 14.8. The fraction of sp³-hybridized carbons (Fsp3) is 0. The first-order valence-corrected chi connectivity index (χ1v) is 1.11. The van der Waals surface area contributed by atoms with Gasteiger partial charge >= 0.3 is 115 Å². The van der Waals surface area contributed by atoms with Gasteiger partial charge in [0.25, 0.3) is 0 Å². The maximum absolute atomic E-state index is 9.10. The SMILES string of the molecule is O=C(O)C(=O)O.[H-].[H-].[K+].[K+]. The van der Waals surface area contributed by atoms with E-state index in [4.69, 9.17) is 19.8 Å². The molecule has 6 heteroatoms. The topological polar surface area (TPSA) is 74.6 Å². The van der Waals surface area contributed by atoms with Crippen LogP contribution in [0.3, 0.4) is 0 Å². The minimum atomic E-state index is -1.82. The van der Waals surface area contributed by atoms with Crippen LogP contribution in [0, 0.1) is 0 Å². The molecule has 0 aromatic carbocycles. The zero-order valence-electron chi connectivity index (χ0n) is 6.71. The van der Waals surface area contributed by atoms with Gasteiger partial charge in [-0.2, -0.15) is 0 Å². The van der Waals surface area contributed by atoms with Crippen molar-refractivity contribution in [1.82, 2.24) is 0 Å². The summed E-state index contributed by atoms with van der Waals surface area (Å²) in [6.07, 6.45) is 0. The smallest absolute Gasteiger partial charge is 1.00 e. The van der Waals surface area contributed by atoms with Gasteiger partial charge in [0.15, 0.2) is 0 Å². The number of carboxylic acids is 2. The second-order valence-corrected chi connectivity index (χ2v) is 0.610. The predicted octanol–water partition coefficient (Wildman–Crippen LogP) is -6.61. The van der Waals surface area contributed by atoms with Crippen LogP contribution >= 0.6 is 0 Å². The van der Waals surface area contributed by atoms with E-state index in [0.717, 1.165) is 0 Å². The van der Waals surface area contributed by atoms with Crippen LogP contribution in [0.4, 0.5) is 0 Å². The molecule has 0 aromatic rings. The van der Waals surface area contributed by atoms with Crippen LogP contribution in [-0.4, -0.2) is 22.2 Å². The summed E-state index contributed by atoms with van der Waals surface area (Å²) < 4.78 is 0. The fourth-order valence-corrected chi connectivity index (χ4v) is 0. The molecule has 0 aliphatic heterocycles. The zero-order chi connectivity index (χ0) is 5.15. The summed E-state index contributed by atoms with van der Waals surface area (Å²) in [4.78, 5) is 18.2. The van der Waals surface area contributed by atoms with Crippen molar-refractivity contribution in [3.63, 3.8) is 0 Å². The molecule has 0 saturated carbocycles. The molecule has 0 atom stereocenters. The van der Waals surface area contributed by atoms with Gasteiger partial charge in [0, 0.05) is 0 Å². The molecule has 0 unspecified atom stereocenters. The van der Waals surface area contributed by atoms with Gasteiger partial charge in [0.2, 0.25) is 0 Å². The summed E-state index contributed by atoms with van der Waals surface area (Å²) in [5.74, 6) is -3.65. The Morgan fingerprint density at radius 1 is 1.00 bits per heavy atom. The van der Waals surface area contributed by atoms with E-state index in [1.54, 1.807) is 0 Å². The summed E-state index contributed by atoms with van der Waals surface area (Å²) in [6, 6.07) is 0. The molecular weight excluding hydrogens is 166 g/mol.